The number of fused-ring (bicyclic) bond motifs is 3. The summed E-state index contributed by atoms with van der Waals surface area (Å²) in [5, 5.41) is 11.8. The monoisotopic (exact) mass is 608 g/mol. The van der Waals surface area contributed by atoms with Gasteiger partial charge < -0.3 is 38.3 Å². The molecule has 0 bridgehead atoms. The number of hydrogen-bond donors (Lipinski definition) is 1. The molecule has 5 aliphatic rings. The minimum atomic E-state index is -1.60. The van der Waals surface area contributed by atoms with Gasteiger partial charge in [0.25, 0.3) is 0 Å². The van der Waals surface area contributed by atoms with Crippen LogP contribution in [0.25, 0.3) is 0 Å². The quantitative estimate of drug-likeness (QED) is 0.244. The normalized spacial score (nSPS) is 43.9. The third-order valence-electron chi connectivity index (χ3n) is 11.0. The molecule has 2 saturated carbocycles. The lowest BCUT2D eigenvalue weighted by atomic mass is 9.41. The number of epoxide rings is 1. The van der Waals surface area contributed by atoms with Crippen molar-refractivity contribution in [2.75, 3.05) is 13.2 Å². The number of hydrogen-bond acceptors (Lipinski definition) is 12. The Bertz CT molecular complexity index is 1180. The van der Waals surface area contributed by atoms with Crippen molar-refractivity contribution in [2.45, 2.75) is 116 Å². The second kappa shape index (κ2) is 11.0. The maximum atomic E-state index is 13.6. The summed E-state index contributed by atoms with van der Waals surface area (Å²) < 4.78 is 41.5. The van der Waals surface area contributed by atoms with E-state index in [9.17, 15) is 24.3 Å². The highest BCUT2D eigenvalue weighted by Gasteiger charge is 2.81. The van der Waals surface area contributed by atoms with E-state index in [-0.39, 0.29) is 44.0 Å². The third-order valence-corrected chi connectivity index (χ3v) is 11.0. The van der Waals surface area contributed by atoms with Gasteiger partial charge in [-0.2, -0.15) is 0 Å². The Morgan fingerprint density at radius 1 is 1.05 bits per heavy atom. The van der Waals surface area contributed by atoms with E-state index in [4.69, 9.17) is 33.2 Å². The fourth-order valence-electron chi connectivity index (χ4n) is 8.42. The van der Waals surface area contributed by atoms with E-state index in [2.05, 4.69) is 13.8 Å². The van der Waals surface area contributed by atoms with Gasteiger partial charge >= 0.3 is 23.9 Å². The van der Waals surface area contributed by atoms with E-state index in [1.165, 1.54) is 27.7 Å². The number of aliphatic hydroxyl groups excluding tert-OH is 1. The smallest absolute Gasteiger partial charge is 0.350 e. The van der Waals surface area contributed by atoms with Crippen LogP contribution in [0.15, 0.2) is 12.3 Å². The fraction of sp³-hybridized carbons (Fsp3) is 0.806. The van der Waals surface area contributed by atoms with Gasteiger partial charge in [0.15, 0.2) is 6.10 Å². The molecule has 3 heterocycles. The van der Waals surface area contributed by atoms with Gasteiger partial charge in [-0.25, -0.2) is 4.79 Å². The summed E-state index contributed by atoms with van der Waals surface area (Å²) >= 11 is 0. The Kier molecular flexibility index (Phi) is 8.13. The van der Waals surface area contributed by atoms with Crippen LogP contribution in [0.3, 0.4) is 0 Å². The average molecular weight is 609 g/mol. The zero-order valence-corrected chi connectivity index (χ0v) is 26.0. The van der Waals surface area contributed by atoms with Gasteiger partial charge in [-0.05, 0) is 50.5 Å². The molecule has 0 amide bonds. The highest BCUT2D eigenvalue weighted by Crippen LogP contribution is 2.70. The summed E-state index contributed by atoms with van der Waals surface area (Å²) in [6.45, 7) is 11.0. The zero-order chi connectivity index (χ0) is 31.5. The van der Waals surface area contributed by atoms with Crippen molar-refractivity contribution in [2.24, 2.45) is 28.6 Å². The lowest BCUT2D eigenvalue weighted by Crippen LogP contribution is -2.74. The molecule has 2 saturated heterocycles. The first kappa shape index (κ1) is 31.7. The minimum absolute atomic E-state index is 0.0566. The van der Waals surface area contributed by atoms with Crippen LogP contribution in [-0.4, -0.2) is 84.1 Å². The predicted octanol–water partition coefficient (Wildman–Crippen LogP) is 2.58. The number of aliphatic hydroxyl groups is 1. The van der Waals surface area contributed by atoms with Crippen molar-refractivity contribution in [3.63, 3.8) is 0 Å². The maximum absolute atomic E-state index is 13.6. The minimum Gasteiger partial charge on any atom is -0.472 e. The number of rotatable bonds is 8. The average Bonchev–Trinajstić information content (AvgIpc) is 3.40. The zero-order valence-electron chi connectivity index (χ0n) is 26.0. The molecule has 240 valence electrons. The number of carbonyl (C=O) groups is 4. The molecular formula is C31H44O12. The van der Waals surface area contributed by atoms with E-state index >= 15 is 0 Å². The largest absolute Gasteiger partial charge is 0.472 e. The van der Waals surface area contributed by atoms with Crippen LogP contribution < -0.4 is 0 Å². The van der Waals surface area contributed by atoms with E-state index in [0.29, 0.717) is 12.8 Å². The van der Waals surface area contributed by atoms with Crippen LogP contribution in [0, 0.1) is 28.6 Å². The standard InChI is InChI=1S/C31H44O12/c1-8-28(6,43-19(5)34)27(36)42-25-21(35)13-22-29(7,23-12-20-9-10-37-26(20)41-23)16(2)11-24(40-18(4)33)30(22,14-38-17(3)32)31(25)15-39-31/h9-10,16,20-26,35H,8,11-15H2,1-7H3/t16-,20?,21-,22-,23?,24+,25+,26?,28?,29+,30+,31-/m1/s1. The molecule has 2 aliphatic carbocycles. The van der Waals surface area contributed by atoms with Gasteiger partial charge in [-0.3, -0.25) is 14.4 Å². The molecule has 4 unspecified atom stereocenters. The highest BCUT2D eigenvalue weighted by molar-refractivity contribution is 5.82. The van der Waals surface area contributed by atoms with Gasteiger partial charge in [0.05, 0.1) is 30.5 Å². The van der Waals surface area contributed by atoms with Crippen LogP contribution in [-0.2, 0) is 52.3 Å². The van der Waals surface area contributed by atoms with Gasteiger partial charge in [0.2, 0.25) is 11.9 Å². The summed E-state index contributed by atoms with van der Waals surface area (Å²) in [6.07, 6.45) is 1.03. The summed E-state index contributed by atoms with van der Waals surface area (Å²) in [5.41, 5.74) is -4.80. The van der Waals surface area contributed by atoms with Crippen molar-refractivity contribution in [1.29, 1.82) is 0 Å². The summed E-state index contributed by atoms with van der Waals surface area (Å²) in [4.78, 5) is 50.3. The Hall–Kier alpha value is -2.70. The Morgan fingerprint density at radius 2 is 1.74 bits per heavy atom. The molecule has 4 fully saturated rings. The van der Waals surface area contributed by atoms with E-state index in [1.807, 2.05) is 6.08 Å². The van der Waals surface area contributed by atoms with Gasteiger partial charge in [0, 0.05) is 32.1 Å². The topological polar surface area (TPSA) is 156 Å². The van der Waals surface area contributed by atoms with E-state index < -0.39 is 76.4 Å². The molecule has 12 heteroatoms. The first-order valence-electron chi connectivity index (χ1n) is 15.2. The van der Waals surface area contributed by atoms with Crippen molar-refractivity contribution >= 4 is 23.9 Å². The Balaban J connectivity index is 1.61. The molecule has 5 rings (SSSR count). The first-order chi connectivity index (χ1) is 20.1. The molecule has 12 atom stereocenters. The highest BCUT2D eigenvalue weighted by atomic mass is 16.7. The lowest BCUT2D eigenvalue weighted by Gasteiger charge is -2.65. The molecule has 3 aliphatic heterocycles. The van der Waals surface area contributed by atoms with Crippen LogP contribution in [0.5, 0.6) is 0 Å². The van der Waals surface area contributed by atoms with Crippen molar-refractivity contribution in [3.8, 4) is 0 Å². The Labute approximate surface area is 251 Å². The molecule has 0 aromatic heterocycles. The fourth-order valence-corrected chi connectivity index (χ4v) is 8.42. The number of carbonyl (C=O) groups excluding carboxylic acids is 4. The molecule has 0 aromatic rings. The number of ether oxygens (including phenoxy) is 7. The van der Waals surface area contributed by atoms with Crippen LogP contribution in [0.2, 0.25) is 0 Å². The van der Waals surface area contributed by atoms with Crippen molar-refractivity contribution in [3.05, 3.63) is 12.3 Å². The van der Waals surface area contributed by atoms with Crippen molar-refractivity contribution < 1.29 is 57.4 Å². The van der Waals surface area contributed by atoms with E-state index in [1.54, 1.807) is 13.2 Å². The lowest BCUT2D eigenvalue weighted by molar-refractivity contribution is -0.285. The number of esters is 4. The molecule has 0 aromatic carbocycles. The summed E-state index contributed by atoms with van der Waals surface area (Å²) in [7, 11) is 0. The van der Waals surface area contributed by atoms with Gasteiger partial charge in [0.1, 0.15) is 18.3 Å². The summed E-state index contributed by atoms with van der Waals surface area (Å²) in [5.74, 6) is -2.99. The SMILES string of the molecule is CCC(C)(OC(C)=O)C(=O)O[C@H]1[C@H](O)C[C@@H]2[C@@](C)(C3CC4C=COC4O3)[C@H](C)C[C@H](OC(C)=O)[C@@]2(COC(C)=O)[C@@]12CO2. The Morgan fingerprint density at radius 3 is 2.30 bits per heavy atom. The van der Waals surface area contributed by atoms with Crippen LogP contribution in [0.4, 0.5) is 0 Å². The first-order valence-corrected chi connectivity index (χ1v) is 15.2. The molecule has 43 heavy (non-hydrogen) atoms. The van der Waals surface area contributed by atoms with Crippen LogP contribution >= 0.6 is 0 Å². The third kappa shape index (κ3) is 4.93. The van der Waals surface area contributed by atoms with Gasteiger partial charge in [-0.15, -0.1) is 0 Å². The maximum Gasteiger partial charge on any atom is 0.350 e. The second-order valence-corrected chi connectivity index (χ2v) is 13.3. The summed E-state index contributed by atoms with van der Waals surface area (Å²) in [6, 6.07) is 0. The van der Waals surface area contributed by atoms with Gasteiger partial charge in [-0.1, -0.05) is 20.8 Å². The molecule has 12 nitrogen and oxygen atoms in total. The van der Waals surface area contributed by atoms with E-state index in [0.717, 1.165) is 0 Å². The van der Waals surface area contributed by atoms with Crippen molar-refractivity contribution in [1.82, 2.24) is 0 Å². The second-order valence-electron chi connectivity index (χ2n) is 13.3. The molecule has 1 N–H and O–H groups in total. The molecular weight excluding hydrogens is 564 g/mol. The predicted molar refractivity (Wildman–Crippen MR) is 147 cm³/mol. The molecule has 1 spiro atoms. The molecule has 0 radical (unpaired) electrons. The van der Waals surface area contributed by atoms with Crippen LogP contribution in [0.1, 0.15) is 74.1 Å².